The molecule has 2 heteroatoms. The van der Waals surface area contributed by atoms with Crippen LogP contribution < -0.4 is 0 Å². The number of allylic oxidation sites excluding steroid dienone is 2. The van der Waals surface area contributed by atoms with Crippen LogP contribution in [0.1, 0.15) is 234 Å². The molecule has 0 aromatic carbocycles. The average molecular weight is 647 g/mol. The first kappa shape index (κ1) is 45.2. The highest BCUT2D eigenvalue weighted by molar-refractivity contribution is 5.69. The van der Waals surface area contributed by atoms with Gasteiger partial charge in [-0.1, -0.05) is 201 Å². The van der Waals surface area contributed by atoms with Crippen LogP contribution in [0.2, 0.25) is 0 Å². The summed E-state index contributed by atoms with van der Waals surface area (Å²) in [4.78, 5) is 12.1. The highest BCUT2D eigenvalue weighted by Crippen LogP contribution is 2.23. The van der Waals surface area contributed by atoms with Crippen molar-refractivity contribution in [2.45, 2.75) is 234 Å². The van der Waals surface area contributed by atoms with E-state index in [0.29, 0.717) is 18.9 Å². The van der Waals surface area contributed by atoms with Crippen molar-refractivity contribution in [1.82, 2.24) is 0 Å². The van der Waals surface area contributed by atoms with Crippen LogP contribution in [0.25, 0.3) is 0 Å². The van der Waals surface area contributed by atoms with Gasteiger partial charge in [0.05, 0.1) is 6.61 Å². The molecule has 3 unspecified atom stereocenters. The first-order valence-electron chi connectivity index (χ1n) is 21.2. The van der Waals surface area contributed by atoms with Gasteiger partial charge in [0, 0.05) is 6.42 Å². The van der Waals surface area contributed by atoms with Crippen molar-refractivity contribution in [2.24, 2.45) is 23.7 Å². The minimum absolute atomic E-state index is 0.0209. The predicted molar refractivity (Wildman–Crippen MR) is 207 cm³/mol. The zero-order chi connectivity index (χ0) is 33.9. The van der Waals surface area contributed by atoms with Gasteiger partial charge in [-0.3, -0.25) is 4.79 Å². The van der Waals surface area contributed by atoms with Crippen molar-refractivity contribution in [3.8, 4) is 0 Å². The van der Waals surface area contributed by atoms with Crippen LogP contribution in [0.4, 0.5) is 0 Å². The van der Waals surface area contributed by atoms with Gasteiger partial charge < -0.3 is 4.74 Å². The second-order valence-corrected chi connectivity index (χ2v) is 16.0. The van der Waals surface area contributed by atoms with Gasteiger partial charge in [0.15, 0.2) is 0 Å². The Bertz CT molecular complexity index is 638. The second kappa shape index (κ2) is 35.5. The third-order valence-corrected chi connectivity index (χ3v) is 10.3. The van der Waals surface area contributed by atoms with Crippen molar-refractivity contribution in [1.29, 1.82) is 0 Å². The first-order chi connectivity index (χ1) is 22.3. The molecule has 0 aliphatic heterocycles. The number of ether oxygens (including phenoxy) is 1. The fourth-order valence-electron chi connectivity index (χ4n) is 6.78. The van der Waals surface area contributed by atoms with Crippen molar-refractivity contribution >= 4 is 5.97 Å². The van der Waals surface area contributed by atoms with E-state index in [2.05, 4.69) is 53.7 Å². The fraction of sp³-hybridized carbons (Fsp3) is 0.932. The quantitative estimate of drug-likeness (QED) is 0.0384. The average Bonchev–Trinajstić information content (AvgIpc) is 3.01. The molecule has 2 nitrogen and oxygen atoms in total. The Hall–Kier alpha value is -0.790. The van der Waals surface area contributed by atoms with E-state index < -0.39 is 0 Å². The maximum Gasteiger partial charge on any atom is 0.305 e. The lowest BCUT2D eigenvalue weighted by atomic mass is 9.91. The maximum absolute atomic E-state index is 12.1. The van der Waals surface area contributed by atoms with Crippen LogP contribution in [0.3, 0.4) is 0 Å². The van der Waals surface area contributed by atoms with Gasteiger partial charge in [-0.25, -0.2) is 0 Å². The topological polar surface area (TPSA) is 26.3 Å². The molecule has 0 aromatic rings. The van der Waals surface area contributed by atoms with Gasteiger partial charge in [0.2, 0.25) is 0 Å². The summed E-state index contributed by atoms with van der Waals surface area (Å²) in [6, 6.07) is 0. The first-order valence-corrected chi connectivity index (χ1v) is 21.2. The van der Waals surface area contributed by atoms with E-state index >= 15 is 0 Å². The van der Waals surface area contributed by atoms with E-state index in [1.54, 1.807) is 0 Å². The molecule has 0 saturated heterocycles. The van der Waals surface area contributed by atoms with Crippen LogP contribution in [-0.4, -0.2) is 12.6 Å². The Morgan fingerprint density at radius 2 is 0.826 bits per heavy atom. The number of unbranched alkanes of at least 4 members (excludes halogenated alkanes) is 17. The summed E-state index contributed by atoms with van der Waals surface area (Å²) in [5.74, 6) is 3.27. The highest BCUT2D eigenvalue weighted by Gasteiger charge is 2.09. The van der Waals surface area contributed by atoms with E-state index in [-0.39, 0.29) is 5.97 Å². The number of esters is 1. The van der Waals surface area contributed by atoms with Gasteiger partial charge in [-0.15, -0.1) is 0 Å². The second-order valence-electron chi connectivity index (χ2n) is 16.0. The van der Waals surface area contributed by atoms with Crippen LogP contribution in [0.15, 0.2) is 12.2 Å². The molecule has 0 fully saturated rings. The van der Waals surface area contributed by atoms with E-state index in [0.717, 1.165) is 30.6 Å². The van der Waals surface area contributed by atoms with Gasteiger partial charge >= 0.3 is 5.97 Å². The zero-order valence-corrected chi connectivity index (χ0v) is 32.7. The number of hydrogen-bond donors (Lipinski definition) is 0. The number of carbonyl (C=O) groups excluding carboxylic acids is 1. The smallest absolute Gasteiger partial charge is 0.305 e. The van der Waals surface area contributed by atoms with Crippen LogP contribution in [-0.2, 0) is 9.53 Å². The van der Waals surface area contributed by atoms with Crippen molar-refractivity contribution in [2.75, 3.05) is 6.61 Å². The summed E-state index contributed by atoms with van der Waals surface area (Å²) in [5.41, 5.74) is 0. The Kier molecular flexibility index (Phi) is 34.9. The molecule has 0 heterocycles. The molecule has 0 aliphatic carbocycles. The molecule has 0 aromatic heterocycles. The molecule has 274 valence electrons. The minimum atomic E-state index is 0.0209. The highest BCUT2D eigenvalue weighted by atomic mass is 16.5. The third-order valence-electron chi connectivity index (χ3n) is 10.3. The number of rotatable bonds is 36. The summed E-state index contributed by atoms with van der Waals surface area (Å²) >= 11 is 0. The van der Waals surface area contributed by atoms with Crippen molar-refractivity contribution < 1.29 is 9.53 Å². The molecule has 0 N–H and O–H groups in total. The molecular formula is C44H86O2. The SMILES string of the molecule is CCCCCCCCC=CCCCCCCCCCCCCCC(=O)OCCC(C)CCCC(C)CCCC(C)CCCC(C)C. The fourth-order valence-corrected chi connectivity index (χ4v) is 6.78. The lowest BCUT2D eigenvalue weighted by Crippen LogP contribution is -2.09. The van der Waals surface area contributed by atoms with Crippen LogP contribution in [0.5, 0.6) is 0 Å². The molecule has 0 amide bonds. The predicted octanol–water partition coefficient (Wildman–Crippen LogP) is 15.4. The van der Waals surface area contributed by atoms with Crippen LogP contribution in [0, 0.1) is 23.7 Å². The van der Waals surface area contributed by atoms with Gasteiger partial charge in [-0.2, -0.15) is 0 Å². The Balaban J connectivity index is 3.41. The normalized spacial score (nSPS) is 13.9. The molecule has 46 heavy (non-hydrogen) atoms. The van der Waals surface area contributed by atoms with Gasteiger partial charge in [-0.05, 0) is 62.2 Å². The molecule has 0 saturated carbocycles. The Morgan fingerprint density at radius 3 is 1.26 bits per heavy atom. The summed E-state index contributed by atoms with van der Waals surface area (Å²) in [6.07, 6.45) is 44.2. The van der Waals surface area contributed by atoms with Crippen LogP contribution >= 0.6 is 0 Å². The van der Waals surface area contributed by atoms with Crippen molar-refractivity contribution in [3.05, 3.63) is 12.2 Å². The van der Waals surface area contributed by atoms with Crippen molar-refractivity contribution in [3.63, 3.8) is 0 Å². The van der Waals surface area contributed by atoms with Gasteiger partial charge in [0.1, 0.15) is 0 Å². The molecule has 3 atom stereocenters. The maximum atomic E-state index is 12.1. The lowest BCUT2D eigenvalue weighted by molar-refractivity contribution is -0.144. The lowest BCUT2D eigenvalue weighted by Gasteiger charge is -2.16. The van der Waals surface area contributed by atoms with E-state index in [1.165, 1.54) is 173 Å². The summed E-state index contributed by atoms with van der Waals surface area (Å²) < 4.78 is 5.56. The summed E-state index contributed by atoms with van der Waals surface area (Å²) in [5, 5.41) is 0. The monoisotopic (exact) mass is 647 g/mol. The van der Waals surface area contributed by atoms with E-state index in [9.17, 15) is 4.79 Å². The molecule has 0 spiro atoms. The third kappa shape index (κ3) is 36.1. The zero-order valence-electron chi connectivity index (χ0n) is 32.7. The Labute approximate surface area is 291 Å². The molecular weight excluding hydrogens is 560 g/mol. The van der Waals surface area contributed by atoms with E-state index in [4.69, 9.17) is 4.74 Å². The molecule has 0 radical (unpaired) electrons. The number of carbonyl (C=O) groups is 1. The molecule has 0 rings (SSSR count). The standard InChI is InChI=1S/C44H86O2/c1-7-8-9-10-11-12-13-14-15-16-17-18-19-20-21-22-23-24-25-26-27-37-44(45)46-39-38-43(6)36-30-35-42(5)34-29-33-41(4)32-28-31-40(2)3/h14-15,40-43H,7-13,16-39H2,1-6H3. The number of hydrogen-bond acceptors (Lipinski definition) is 2. The Morgan fingerprint density at radius 1 is 0.457 bits per heavy atom. The van der Waals surface area contributed by atoms with E-state index in [1.807, 2.05) is 0 Å². The van der Waals surface area contributed by atoms with Gasteiger partial charge in [0.25, 0.3) is 0 Å². The largest absolute Gasteiger partial charge is 0.466 e. The minimum Gasteiger partial charge on any atom is -0.466 e. The molecule has 0 bridgehead atoms. The molecule has 0 aliphatic rings. The summed E-state index contributed by atoms with van der Waals surface area (Å²) in [6.45, 7) is 14.8. The summed E-state index contributed by atoms with van der Waals surface area (Å²) in [7, 11) is 0.